The fourth-order valence-electron chi connectivity index (χ4n) is 1.15. The molecule has 0 saturated carbocycles. The van der Waals surface area contributed by atoms with Gasteiger partial charge in [0.1, 0.15) is 4.90 Å². The fraction of sp³-hybridized carbons (Fsp3) is 0. The second-order valence-corrected chi connectivity index (χ2v) is 5.94. The van der Waals surface area contributed by atoms with Crippen LogP contribution in [0.3, 0.4) is 0 Å². The van der Waals surface area contributed by atoms with Crippen LogP contribution in [0.25, 0.3) is 0 Å². The lowest BCUT2D eigenvalue weighted by Gasteiger charge is -2.05. The Morgan fingerprint density at radius 3 is 2.74 bits per heavy atom. The van der Waals surface area contributed by atoms with Gasteiger partial charge in [0.15, 0.2) is 0 Å². The van der Waals surface area contributed by atoms with E-state index in [0.29, 0.717) is 0 Å². The minimum Gasteiger partial charge on any atom is -0.258 e. The van der Waals surface area contributed by atoms with Gasteiger partial charge in [-0.15, -0.1) is 0 Å². The summed E-state index contributed by atoms with van der Waals surface area (Å²) in [6, 6.07) is 3.10. The Hall–Kier alpha value is -1.85. The predicted molar refractivity (Wildman–Crippen MR) is 66.6 cm³/mol. The fourth-order valence-corrected chi connectivity index (χ4v) is 3.26. The molecule has 0 spiro atoms. The molecule has 1 aromatic heterocycles. The number of aromatic nitrogens is 3. The van der Waals surface area contributed by atoms with Gasteiger partial charge in [-0.1, -0.05) is 21.2 Å². The quantitative estimate of drug-likeness (QED) is 0.663. The molecular formula is C7H4ClN5O4S2. The molecule has 12 heteroatoms. The first-order valence-corrected chi connectivity index (χ1v) is 7.15. The van der Waals surface area contributed by atoms with Crippen molar-refractivity contribution in [1.82, 2.24) is 14.8 Å². The molecule has 19 heavy (non-hydrogen) atoms. The lowest BCUT2D eigenvalue weighted by Crippen LogP contribution is -2.13. The molecule has 0 aliphatic carbocycles. The number of nitrogens with one attached hydrogen (secondary N) is 1. The minimum absolute atomic E-state index is 0.0671. The molecule has 0 amide bonds. The number of halogens is 1. The highest BCUT2D eigenvalue weighted by Crippen LogP contribution is 2.27. The van der Waals surface area contributed by atoms with Gasteiger partial charge in [-0.25, -0.2) is 8.42 Å². The highest BCUT2D eigenvalue weighted by atomic mass is 35.5. The van der Waals surface area contributed by atoms with Crippen LogP contribution in [0.5, 0.6) is 0 Å². The highest BCUT2D eigenvalue weighted by Gasteiger charge is 2.22. The van der Waals surface area contributed by atoms with Crippen LogP contribution in [-0.2, 0) is 10.0 Å². The summed E-state index contributed by atoms with van der Waals surface area (Å²) in [6.07, 6.45) is 0. The molecule has 0 bridgehead atoms. The molecule has 0 aliphatic rings. The molecule has 0 atom stereocenters. The van der Waals surface area contributed by atoms with E-state index in [9.17, 15) is 18.5 Å². The van der Waals surface area contributed by atoms with Crippen molar-refractivity contribution in [3.05, 3.63) is 33.3 Å². The zero-order valence-electron chi connectivity index (χ0n) is 8.85. The van der Waals surface area contributed by atoms with E-state index in [4.69, 9.17) is 11.6 Å². The van der Waals surface area contributed by atoms with Gasteiger partial charge in [0, 0.05) is 23.7 Å². The zero-order valence-corrected chi connectivity index (χ0v) is 11.2. The van der Waals surface area contributed by atoms with Crippen molar-refractivity contribution in [3.8, 4) is 0 Å². The lowest BCUT2D eigenvalue weighted by atomic mass is 10.3. The first-order valence-electron chi connectivity index (χ1n) is 4.52. The van der Waals surface area contributed by atoms with Crippen LogP contribution in [0.4, 0.5) is 10.8 Å². The van der Waals surface area contributed by atoms with E-state index < -0.39 is 19.8 Å². The zero-order chi connectivity index (χ0) is 14.0. The summed E-state index contributed by atoms with van der Waals surface area (Å²) in [4.78, 5) is 9.49. The van der Waals surface area contributed by atoms with Crippen molar-refractivity contribution >= 4 is 44.0 Å². The van der Waals surface area contributed by atoms with Crippen molar-refractivity contribution in [2.45, 2.75) is 4.90 Å². The van der Waals surface area contributed by atoms with E-state index >= 15 is 0 Å². The third kappa shape index (κ3) is 2.94. The molecular weight excluding hydrogens is 318 g/mol. The normalized spacial score (nSPS) is 11.2. The topological polar surface area (TPSA) is 128 Å². The molecule has 0 fully saturated rings. The van der Waals surface area contributed by atoms with Crippen LogP contribution in [0.2, 0.25) is 5.02 Å². The smallest absolute Gasteiger partial charge is 0.258 e. The maximum absolute atomic E-state index is 12.0. The Bertz CT molecular complexity index is 717. The Balaban J connectivity index is 2.45. The Labute approximate surface area is 115 Å². The number of rotatable bonds is 4. The summed E-state index contributed by atoms with van der Waals surface area (Å²) in [7, 11) is -4.09. The molecule has 0 aliphatic heterocycles. The predicted octanol–water partition coefficient (Wildman–Crippen LogP) is 1.30. The minimum atomic E-state index is -4.09. The van der Waals surface area contributed by atoms with Crippen molar-refractivity contribution in [2.75, 3.05) is 4.72 Å². The van der Waals surface area contributed by atoms with Gasteiger partial charge in [0.2, 0.25) is 5.13 Å². The van der Waals surface area contributed by atoms with Gasteiger partial charge in [-0.3, -0.25) is 14.8 Å². The molecule has 2 rings (SSSR count). The van der Waals surface area contributed by atoms with Gasteiger partial charge in [0.25, 0.3) is 15.7 Å². The number of non-ortho nitro benzene ring substituents is 1. The number of anilines is 1. The Morgan fingerprint density at radius 2 is 2.16 bits per heavy atom. The van der Waals surface area contributed by atoms with Crippen LogP contribution in [0.15, 0.2) is 23.1 Å². The molecule has 0 radical (unpaired) electrons. The Kier molecular flexibility index (Phi) is 3.59. The van der Waals surface area contributed by atoms with E-state index in [1.807, 2.05) is 0 Å². The highest BCUT2D eigenvalue weighted by molar-refractivity contribution is 7.93. The van der Waals surface area contributed by atoms with Crippen LogP contribution in [-0.4, -0.2) is 28.1 Å². The molecule has 2 aromatic rings. The summed E-state index contributed by atoms with van der Waals surface area (Å²) < 4.78 is 29.4. The number of sulfonamides is 1. The van der Waals surface area contributed by atoms with Crippen LogP contribution in [0, 0.1) is 10.1 Å². The summed E-state index contributed by atoms with van der Waals surface area (Å²) in [5.41, 5.74) is -0.389. The van der Waals surface area contributed by atoms with Crippen LogP contribution >= 0.6 is 23.1 Å². The molecule has 100 valence electrons. The van der Waals surface area contributed by atoms with E-state index in [2.05, 4.69) is 19.5 Å². The number of hydrogen-bond acceptors (Lipinski definition) is 8. The van der Waals surface area contributed by atoms with Crippen LogP contribution < -0.4 is 4.72 Å². The molecule has 9 nitrogen and oxygen atoms in total. The number of nitrogens with zero attached hydrogens (tertiary/aromatic N) is 4. The van der Waals surface area contributed by atoms with Crippen molar-refractivity contribution in [2.24, 2.45) is 0 Å². The largest absolute Gasteiger partial charge is 0.270 e. The van der Waals surface area contributed by atoms with Gasteiger partial charge in [-0.2, -0.15) is 0 Å². The first kappa shape index (κ1) is 13.6. The van der Waals surface area contributed by atoms with Crippen molar-refractivity contribution in [3.63, 3.8) is 0 Å². The number of nitro benzene ring substituents is 1. The van der Waals surface area contributed by atoms with Gasteiger partial charge in [0.05, 0.1) is 9.95 Å². The second-order valence-electron chi connectivity index (χ2n) is 3.14. The summed E-state index contributed by atoms with van der Waals surface area (Å²) in [5, 5.41) is 17.0. The van der Waals surface area contributed by atoms with Gasteiger partial charge in [-0.05, 0) is 11.3 Å². The number of nitro groups is 1. The van der Waals surface area contributed by atoms with E-state index in [-0.39, 0.29) is 15.8 Å². The summed E-state index contributed by atoms with van der Waals surface area (Å²) in [6.45, 7) is 0. The molecule has 1 aromatic carbocycles. The SMILES string of the molecule is O=[N+]([O-])c1ccc(Cl)c(S(=O)(=O)Nc2nnns2)c1. The van der Waals surface area contributed by atoms with Crippen molar-refractivity contribution < 1.29 is 13.3 Å². The standard InChI is InChI=1S/C7H4ClN5O4S2/c8-5-2-1-4(13(14)15)3-6(5)19(16,17)10-7-9-11-12-18-7/h1-3H,(H,9,10,12). The van der Waals surface area contributed by atoms with E-state index in [1.54, 1.807) is 0 Å². The summed E-state index contributed by atoms with van der Waals surface area (Å²) >= 11 is 6.46. The van der Waals surface area contributed by atoms with E-state index in [1.165, 1.54) is 0 Å². The summed E-state index contributed by atoms with van der Waals surface area (Å²) in [5.74, 6) is 0. The average molecular weight is 322 g/mol. The number of benzene rings is 1. The monoisotopic (exact) mass is 321 g/mol. The maximum Gasteiger partial charge on any atom is 0.270 e. The molecule has 1 N–H and O–H groups in total. The van der Waals surface area contributed by atoms with Gasteiger partial charge >= 0.3 is 0 Å². The van der Waals surface area contributed by atoms with Crippen molar-refractivity contribution in [1.29, 1.82) is 0 Å². The van der Waals surface area contributed by atoms with Crippen LogP contribution in [0.1, 0.15) is 0 Å². The lowest BCUT2D eigenvalue weighted by molar-refractivity contribution is -0.385. The maximum atomic E-state index is 12.0. The average Bonchev–Trinajstić information content (AvgIpc) is 2.81. The molecule has 1 heterocycles. The Morgan fingerprint density at radius 1 is 1.42 bits per heavy atom. The third-order valence-corrected chi connectivity index (χ3v) is 4.40. The number of hydrogen-bond donors (Lipinski definition) is 1. The molecule has 0 saturated heterocycles. The first-order chi connectivity index (χ1) is 8.90. The molecule has 0 unspecified atom stereocenters. The van der Waals surface area contributed by atoms with Gasteiger partial charge < -0.3 is 0 Å². The van der Waals surface area contributed by atoms with E-state index in [0.717, 1.165) is 29.7 Å². The second kappa shape index (κ2) is 5.03. The third-order valence-electron chi connectivity index (χ3n) is 1.94.